The fourth-order valence-electron chi connectivity index (χ4n) is 0. The Bertz CT molecular complexity index is 273. The first kappa shape index (κ1) is 47.3. The smallest absolute Gasteiger partial charge is 1.00 e. The summed E-state index contributed by atoms with van der Waals surface area (Å²) in [4.78, 5) is 0. The minimum Gasteiger partial charge on any atom is 1.00 e. The summed E-state index contributed by atoms with van der Waals surface area (Å²) in [6.07, 6.45) is 0. The van der Waals surface area contributed by atoms with E-state index >= 15 is 0 Å². The first-order valence-corrected chi connectivity index (χ1v) is 42.7. The van der Waals surface area contributed by atoms with Gasteiger partial charge in [-0.2, -0.15) is 0 Å². The summed E-state index contributed by atoms with van der Waals surface area (Å²) >= 11 is 0. The van der Waals surface area contributed by atoms with Crippen molar-refractivity contribution < 1.29 is 108 Å². The van der Waals surface area contributed by atoms with Crippen LogP contribution in [0.25, 0.3) is 0 Å². The molecule has 0 aliphatic heterocycles. The van der Waals surface area contributed by atoms with Gasteiger partial charge >= 0.3 is 283 Å². The van der Waals surface area contributed by atoms with Crippen molar-refractivity contribution in [2.24, 2.45) is 0 Å². The van der Waals surface area contributed by atoms with Crippen LogP contribution in [0.1, 0.15) is 0 Å². The monoisotopic (exact) mass is 1000 g/mol. The predicted molar refractivity (Wildman–Crippen MR) is 105 cm³/mol. The maximum absolute atomic E-state index is 5.22. The van der Waals surface area contributed by atoms with E-state index in [9.17, 15) is 0 Å². The molecule has 24 heavy (non-hydrogen) atoms. The Balaban J connectivity index is -0.0000000476. The van der Waals surface area contributed by atoms with E-state index in [0.717, 1.165) is 0 Å². The summed E-state index contributed by atoms with van der Waals surface area (Å²) < 4.78 is 0. The second kappa shape index (κ2) is 11.2. The minimum atomic E-state index is -5.22. The van der Waals surface area contributed by atoms with E-state index in [1.54, 1.807) is 0 Å². The molecule has 0 fully saturated rings. The van der Waals surface area contributed by atoms with Crippen molar-refractivity contribution in [3.8, 4) is 0 Å². The van der Waals surface area contributed by atoms with Crippen molar-refractivity contribution in [1.29, 1.82) is 0 Å². The SMILES string of the molecule is [Cl][Ru-2]([Cl])([Cl])([Cl])([Cl])[Cl].[Cl][Ru-2]([Cl])([Cl])([Cl])([Cl])[Cl].[Cl][Ru-2]([Cl])([Cl])([Cl])([Cl])[Cl].[Na+].[Na+].[Na+]. The van der Waals surface area contributed by atoms with Crippen molar-refractivity contribution in [2.45, 2.75) is 0 Å². The third-order valence-corrected chi connectivity index (χ3v) is 0. The Morgan fingerprint density at radius 3 is 0.208 bits per heavy atom. The summed E-state index contributed by atoms with van der Waals surface area (Å²) in [5.41, 5.74) is 0. The van der Waals surface area contributed by atoms with Gasteiger partial charge in [-0.05, 0) is 0 Å². The zero-order valence-electron chi connectivity index (χ0n) is 10.9. The van der Waals surface area contributed by atoms with Crippen LogP contribution in [0.5, 0.6) is 0 Å². The molecule has 0 aromatic rings. The van der Waals surface area contributed by atoms with Gasteiger partial charge < -0.3 is 0 Å². The standard InChI is InChI=1S/18ClH.3Na.3Ru/h18*1H;;;;;;/q;;;;;;;;;;;;;;;;;;3*+1;3*+4/p-18. The third kappa shape index (κ3) is 305. The van der Waals surface area contributed by atoms with Crippen LogP contribution in [0.3, 0.4) is 0 Å². The number of hydrogen-bond acceptors (Lipinski definition) is 0. The summed E-state index contributed by atoms with van der Waals surface area (Å²) in [6.45, 7) is -15.6. The topological polar surface area (TPSA) is 0 Å². The first-order valence-electron chi connectivity index (χ1n) is 2.41. The van der Waals surface area contributed by atoms with E-state index in [-0.39, 0.29) is 88.7 Å². The van der Waals surface area contributed by atoms with E-state index in [1.165, 1.54) is 0 Å². The van der Waals surface area contributed by atoms with Crippen LogP contribution in [0.2, 0.25) is 0 Å². The average Bonchev–Trinajstić information content (AvgIpc) is 1.19. The Morgan fingerprint density at radius 1 is 0.208 bits per heavy atom. The van der Waals surface area contributed by atoms with E-state index in [4.69, 9.17) is 174 Å². The van der Waals surface area contributed by atoms with Crippen molar-refractivity contribution in [2.75, 3.05) is 0 Å². The predicted octanol–water partition coefficient (Wildman–Crippen LogP) is 3.42. The molecule has 24 heteroatoms. The summed E-state index contributed by atoms with van der Waals surface area (Å²) in [5.74, 6) is 0. The molecule has 0 saturated carbocycles. The molecule has 0 radical (unpaired) electrons. The molecule has 0 amide bonds. The van der Waals surface area contributed by atoms with Gasteiger partial charge in [0, 0.05) is 0 Å². The van der Waals surface area contributed by atoms with Crippen LogP contribution < -0.4 is 88.7 Å². The first-order chi connectivity index (χ1) is 7.35. The Morgan fingerprint density at radius 2 is 0.208 bits per heavy atom. The summed E-state index contributed by atoms with van der Waals surface area (Å²) in [7, 11) is 90.8. The summed E-state index contributed by atoms with van der Waals surface area (Å²) in [6, 6.07) is 0. The van der Waals surface area contributed by atoms with Crippen LogP contribution in [-0.2, 0) is 19.4 Å². The molecule has 0 aromatic carbocycles. The Hall–Kier alpha value is 10.1. The van der Waals surface area contributed by atoms with Crippen molar-refractivity contribution in [3.63, 3.8) is 0 Å². The van der Waals surface area contributed by atoms with Crippen LogP contribution in [0.4, 0.5) is 0 Å². The quantitative estimate of drug-likeness (QED) is 0.327. The van der Waals surface area contributed by atoms with Crippen molar-refractivity contribution >= 4 is 174 Å². The number of halogens is 18. The molecular formula is Cl18Na3Ru3-3. The molecule has 0 nitrogen and oxygen atoms in total. The van der Waals surface area contributed by atoms with E-state index in [1.807, 2.05) is 0 Å². The van der Waals surface area contributed by atoms with Crippen molar-refractivity contribution in [1.82, 2.24) is 0 Å². The van der Waals surface area contributed by atoms with Gasteiger partial charge in [0.1, 0.15) is 0 Å². The van der Waals surface area contributed by atoms with Gasteiger partial charge in [-0.1, -0.05) is 0 Å². The normalized spacial score (nSPS) is 20.2. The zero-order valence-corrected chi connectivity index (χ0v) is 35.7. The second-order valence-electron chi connectivity index (χ2n) is 2.27. The van der Waals surface area contributed by atoms with Gasteiger partial charge in [-0.15, -0.1) is 0 Å². The van der Waals surface area contributed by atoms with Gasteiger partial charge in [0.25, 0.3) is 0 Å². The van der Waals surface area contributed by atoms with Gasteiger partial charge in [0.2, 0.25) is 0 Å². The Labute approximate surface area is 274 Å². The summed E-state index contributed by atoms with van der Waals surface area (Å²) in [5, 5.41) is 0. The molecule has 0 heterocycles. The third-order valence-electron chi connectivity index (χ3n) is 0. The van der Waals surface area contributed by atoms with Crippen molar-refractivity contribution in [3.05, 3.63) is 0 Å². The fraction of sp³-hybridized carbons (Fsp3) is 0. The largest absolute Gasteiger partial charge is 1.00 e. The number of hydrogen-bond donors (Lipinski definition) is 0. The van der Waals surface area contributed by atoms with E-state index < -0.39 is 19.4 Å². The van der Waals surface area contributed by atoms with E-state index in [0.29, 0.717) is 0 Å². The molecule has 0 N–H and O–H groups in total. The van der Waals surface area contributed by atoms with Crippen LogP contribution in [0, 0.1) is 0 Å². The molecule has 0 bridgehead atoms. The maximum Gasteiger partial charge on any atom is 1.00 e. The second-order valence-corrected chi connectivity index (χ2v) is 121. The minimum absolute atomic E-state index is 0. The molecule has 0 aliphatic carbocycles. The van der Waals surface area contributed by atoms with Gasteiger partial charge in [-0.3, -0.25) is 0 Å². The molecule has 0 saturated heterocycles. The molecule has 0 unspecified atom stereocenters. The molecule has 0 atom stereocenters. The van der Waals surface area contributed by atoms with Crippen LogP contribution in [-0.4, -0.2) is 0 Å². The zero-order chi connectivity index (χ0) is 19.2. The van der Waals surface area contributed by atoms with Crippen LogP contribution in [0.15, 0.2) is 0 Å². The molecule has 0 aliphatic rings. The van der Waals surface area contributed by atoms with Gasteiger partial charge in [0.15, 0.2) is 0 Å². The van der Waals surface area contributed by atoms with E-state index in [2.05, 4.69) is 0 Å². The molecular weight excluding hydrogens is 1010 g/mol. The molecule has 0 rings (SSSR count). The molecule has 0 spiro atoms. The molecule has 156 valence electrons. The molecule has 0 aromatic heterocycles. The fourth-order valence-corrected chi connectivity index (χ4v) is 0. The maximum atomic E-state index is 5.04. The van der Waals surface area contributed by atoms with Gasteiger partial charge in [0.05, 0.1) is 0 Å². The van der Waals surface area contributed by atoms with Gasteiger partial charge in [-0.25, -0.2) is 0 Å². The van der Waals surface area contributed by atoms with Crippen LogP contribution >= 0.6 is 174 Å². The number of rotatable bonds is 0. The Kier molecular flexibility index (Phi) is 22.1. The average molecular weight is 1010 g/mol.